The summed E-state index contributed by atoms with van der Waals surface area (Å²) in [6.45, 7) is 1.54. The molecule has 0 bridgehead atoms. The van der Waals surface area contributed by atoms with Crippen LogP contribution in [0.1, 0.15) is 51.0 Å². The number of ether oxygens (including phenoxy) is 1. The van der Waals surface area contributed by atoms with Crippen LogP contribution in [0, 0.1) is 0 Å². The van der Waals surface area contributed by atoms with Gasteiger partial charge in [0, 0.05) is 18.0 Å². The zero-order valence-corrected chi connectivity index (χ0v) is 17.2. The van der Waals surface area contributed by atoms with Gasteiger partial charge in [-0.2, -0.15) is 8.42 Å². The van der Waals surface area contributed by atoms with E-state index in [1.54, 1.807) is 44.5 Å². The smallest absolute Gasteiger partial charge is 0.326 e. The molecular formula is C20H27N3O4S. The molecule has 1 aromatic carbocycles. The van der Waals surface area contributed by atoms with Gasteiger partial charge < -0.3 is 4.74 Å². The number of carbonyl (C=O) groups excluding carboxylic acids is 1. The summed E-state index contributed by atoms with van der Waals surface area (Å²) in [6.07, 6.45) is 8.31. The van der Waals surface area contributed by atoms with Crippen LogP contribution in [-0.2, 0) is 21.5 Å². The van der Waals surface area contributed by atoms with Gasteiger partial charge in [0.2, 0.25) is 0 Å². The number of hydrogen-bond donors (Lipinski definition) is 1. The molecule has 1 heterocycles. The van der Waals surface area contributed by atoms with Crippen molar-refractivity contribution in [2.75, 3.05) is 7.11 Å². The van der Waals surface area contributed by atoms with E-state index in [0.717, 1.165) is 30.0 Å². The molecule has 7 nitrogen and oxygen atoms in total. The first-order valence-corrected chi connectivity index (χ1v) is 11.1. The lowest BCUT2D eigenvalue weighted by Gasteiger charge is -2.29. The number of methoxy groups -OCH3 is 1. The monoisotopic (exact) mass is 405 g/mol. The van der Waals surface area contributed by atoms with Crippen molar-refractivity contribution in [3.8, 4) is 5.75 Å². The van der Waals surface area contributed by atoms with E-state index in [2.05, 4.69) is 9.71 Å². The molecule has 1 saturated carbocycles. The number of nitrogens with one attached hydrogen (secondary N) is 1. The number of nitrogens with zero attached hydrogens (tertiary/aromatic N) is 2. The second kappa shape index (κ2) is 8.77. The van der Waals surface area contributed by atoms with Gasteiger partial charge in [-0.3, -0.25) is 14.5 Å². The third kappa shape index (κ3) is 4.73. The Morgan fingerprint density at radius 2 is 1.82 bits per heavy atom. The van der Waals surface area contributed by atoms with Crippen LogP contribution in [0.4, 0.5) is 0 Å². The maximum Gasteiger partial charge on any atom is 0.326 e. The average Bonchev–Trinajstić information content (AvgIpc) is 2.94. The number of aliphatic imine (C=N–C) groups is 1. The molecule has 1 aliphatic heterocycles. The first kappa shape index (κ1) is 20.4. The molecule has 1 amide bonds. The van der Waals surface area contributed by atoms with Gasteiger partial charge in [-0.05, 0) is 37.5 Å². The summed E-state index contributed by atoms with van der Waals surface area (Å²) in [5.41, 5.74) is 1.31. The Balaban J connectivity index is 1.80. The molecule has 0 spiro atoms. The van der Waals surface area contributed by atoms with Crippen molar-refractivity contribution in [2.24, 2.45) is 4.99 Å². The van der Waals surface area contributed by atoms with Gasteiger partial charge in [0.25, 0.3) is 5.91 Å². The number of benzene rings is 1. The van der Waals surface area contributed by atoms with E-state index in [1.165, 1.54) is 12.8 Å². The molecule has 0 atom stereocenters. The summed E-state index contributed by atoms with van der Waals surface area (Å²) in [5, 5.41) is 0. The van der Waals surface area contributed by atoms with Crippen LogP contribution in [0.15, 0.2) is 40.5 Å². The first-order valence-electron chi connectivity index (χ1n) is 9.62. The Morgan fingerprint density at radius 1 is 1.18 bits per heavy atom. The van der Waals surface area contributed by atoms with Crippen LogP contribution in [0.25, 0.3) is 0 Å². The zero-order valence-electron chi connectivity index (χ0n) is 16.3. The van der Waals surface area contributed by atoms with Crippen LogP contribution >= 0.6 is 0 Å². The van der Waals surface area contributed by atoms with Gasteiger partial charge in [-0.1, -0.05) is 37.8 Å². The van der Waals surface area contributed by atoms with E-state index in [4.69, 9.17) is 4.74 Å². The standard InChI is InChI=1S/C20H27N3O4S/c1-15-19(13-21-17-7-5-3-4-6-8-17)20(24)23(28(25,26)22-15)14-16-9-11-18(27-2)12-10-16/h9-13,17,22H,3-8,14H2,1-2H3. The number of hydrogen-bond acceptors (Lipinski definition) is 5. The number of carbonyl (C=O) groups is 1. The largest absolute Gasteiger partial charge is 0.497 e. The highest BCUT2D eigenvalue weighted by Crippen LogP contribution is 2.23. The molecule has 0 radical (unpaired) electrons. The normalized spacial score (nSPS) is 20.9. The molecule has 3 rings (SSSR count). The van der Waals surface area contributed by atoms with Gasteiger partial charge in [0.15, 0.2) is 0 Å². The summed E-state index contributed by atoms with van der Waals surface area (Å²) in [6, 6.07) is 7.15. The Morgan fingerprint density at radius 3 is 2.43 bits per heavy atom. The molecule has 152 valence electrons. The zero-order chi connectivity index (χ0) is 20.1. The molecule has 28 heavy (non-hydrogen) atoms. The van der Waals surface area contributed by atoms with E-state index in [9.17, 15) is 13.2 Å². The quantitative estimate of drug-likeness (QED) is 0.603. The van der Waals surface area contributed by atoms with Crippen LogP contribution in [0.5, 0.6) is 5.75 Å². The number of amides is 1. The maximum absolute atomic E-state index is 13.0. The number of allylic oxidation sites excluding steroid dienone is 1. The van der Waals surface area contributed by atoms with Crippen molar-refractivity contribution in [1.29, 1.82) is 0 Å². The van der Waals surface area contributed by atoms with Crippen molar-refractivity contribution < 1.29 is 17.9 Å². The molecule has 0 unspecified atom stereocenters. The van der Waals surface area contributed by atoms with Crippen molar-refractivity contribution in [3.05, 3.63) is 41.1 Å². The van der Waals surface area contributed by atoms with Gasteiger partial charge in [-0.15, -0.1) is 0 Å². The third-order valence-electron chi connectivity index (χ3n) is 5.16. The molecule has 1 aliphatic carbocycles. The Hall–Kier alpha value is -2.35. The van der Waals surface area contributed by atoms with E-state index in [-0.39, 0.29) is 12.6 Å². The van der Waals surface area contributed by atoms with Crippen LogP contribution < -0.4 is 9.46 Å². The fraction of sp³-hybridized carbons (Fsp3) is 0.500. The molecule has 1 fully saturated rings. The molecule has 0 saturated heterocycles. The summed E-state index contributed by atoms with van der Waals surface area (Å²) in [7, 11) is -2.37. The van der Waals surface area contributed by atoms with Gasteiger partial charge >= 0.3 is 10.2 Å². The van der Waals surface area contributed by atoms with Crippen LogP contribution in [0.3, 0.4) is 0 Å². The average molecular weight is 406 g/mol. The lowest BCUT2D eigenvalue weighted by Crippen LogP contribution is -2.48. The van der Waals surface area contributed by atoms with Crippen molar-refractivity contribution in [3.63, 3.8) is 0 Å². The SMILES string of the molecule is COc1ccc(CN2C(=O)C(C=NC3CCCCCC3)=C(C)NS2(=O)=O)cc1. The van der Waals surface area contributed by atoms with Crippen molar-refractivity contribution in [2.45, 2.75) is 58.0 Å². The highest BCUT2D eigenvalue weighted by molar-refractivity contribution is 7.87. The minimum absolute atomic E-state index is 0.0494. The Bertz CT molecular complexity index is 867. The van der Waals surface area contributed by atoms with Gasteiger partial charge in [-0.25, -0.2) is 4.31 Å². The predicted molar refractivity (Wildman–Crippen MR) is 108 cm³/mol. The lowest BCUT2D eigenvalue weighted by atomic mass is 10.1. The summed E-state index contributed by atoms with van der Waals surface area (Å²) < 4.78 is 33.5. The molecule has 2 aliphatic rings. The second-order valence-corrected chi connectivity index (χ2v) is 8.82. The Kier molecular flexibility index (Phi) is 6.39. The van der Waals surface area contributed by atoms with E-state index in [1.807, 2.05) is 0 Å². The summed E-state index contributed by atoms with van der Waals surface area (Å²) in [4.78, 5) is 17.6. The van der Waals surface area contributed by atoms with Gasteiger partial charge in [0.1, 0.15) is 5.75 Å². The minimum atomic E-state index is -3.93. The summed E-state index contributed by atoms with van der Waals surface area (Å²) in [5.74, 6) is 0.117. The van der Waals surface area contributed by atoms with E-state index < -0.39 is 16.1 Å². The minimum Gasteiger partial charge on any atom is -0.497 e. The van der Waals surface area contributed by atoms with Gasteiger partial charge in [0.05, 0.1) is 19.2 Å². The second-order valence-electron chi connectivity index (χ2n) is 7.23. The molecule has 1 aromatic rings. The molecule has 1 N–H and O–H groups in total. The van der Waals surface area contributed by atoms with Crippen LogP contribution in [0.2, 0.25) is 0 Å². The molecule has 8 heteroatoms. The van der Waals surface area contributed by atoms with E-state index >= 15 is 0 Å². The maximum atomic E-state index is 13.0. The fourth-order valence-corrected chi connectivity index (χ4v) is 4.74. The van der Waals surface area contributed by atoms with Crippen LogP contribution in [-0.4, -0.2) is 38.0 Å². The summed E-state index contributed by atoms with van der Waals surface area (Å²) >= 11 is 0. The number of rotatable bonds is 5. The lowest BCUT2D eigenvalue weighted by molar-refractivity contribution is -0.122. The highest BCUT2D eigenvalue weighted by Gasteiger charge is 2.35. The first-order chi connectivity index (χ1) is 13.4. The van der Waals surface area contributed by atoms with Crippen molar-refractivity contribution in [1.82, 2.24) is 9.03 Å². The Labute approximate surface area is 166 Å². The molecule has 0 aromatic heterocycles. The fourth-order valence-electron chi connectivity index (χ4n) is 3.50. The van der Waals surface area contributed by atoms with E-state index in [0.29, 0.717) is 22.6 Å². The third-order valence-corrected chi connectivity index (χ3v) is 6.60. The highest BCUT2D eigenvalue weighted by atomic mass is 32.2. The van der Waals surface area contributed by atoms with Crippen molar-refractivity contribution >= 4 is 22.3 Å². The molecular weight excluding hydrogens is 378 g/mol. The predicted octanol–water partition coefficient (Wildman–Crippen LogP) is 2.94. The topological polar surface area (TPSA) is 88.1 Å².